The van der Waals surface area contributed by atoms with E-state index in [1.54, 1.807) is 6.20 Å². The molecule has 1 aromatic heterocycles. The van der Waals surface area contributed by atoms with E-state index in [2.05, 4.69) is 15.8 Å². The first-order valence-electron chi connectivity index (χ1n) is 10.9. The minimum atomic E-state index is -0.0685. The fraction of sp³-hybridized carbons (Fsp3) is 0.360. The van der Waals surface area contributed by atoms with Gasteiger partial charge in [-0.05, 0) is 42.7 Å². The number of benzene rings is 2. The molecule has 1 amide bonds. The molecule has 0 fully saturated rings. The third-order valence-electron chi connectivity index (χ3n) is 4.62. The fourth-order valence-corrected chi connectivity index (χ4v) is 3.25. The summed E-state index contributed by atoms with van der Waals surface area (Å²) in [5.74, 6) is -0.0685. The maximum absolute atomic E-state index is 11.8. The molecule has 166 valence electrons. The van der Waals surface area contributed by atoms with Crippen LogP contribution in [0.5, 0.6) is 0 Å². The van der Waals surface area contributed by atoms with Crippen LogP contribution < -0.4 is 10.8 Å². The predicted octanol–water partition coefficient (Wildman–Crippen LogP) is 6.52. The van der Waals surface area contributed by atoms with Crippen molar-refractivity contribution in [1.82, 2.24) is 10.5 Å². The van der Waals surface area contributed by atoms with Gasteiger partial charge in [-0.25, -0.2) is 5.48 Å². The molecule has 2 aromatic carbocycles. The number of nitrogens with one attached hydrogen (secondary N) is 2. The molecule has 31 heavy (non-hydrogen) atoms. The second-order valence-corrected chi connectivity index (χ2v) is 7.35. The van der Waals surface area contributed by atoms with Gasteiger partial charge in [0.05, 0.1) is 12.1 Å². The molecule has 0 unspecified atom stereocenters. The van der Waals surface area contributed by atoms with E-state index in [0.29, 0.717) is 18.1 Å². The van der Waals surface area contributed by atoms with Gasteiger partial charge in [0.2, 0.25) is 5.91 Å². The third kappa shape index (κ3) is 8.95. The van der Waals surface area contributed by atoms with Crippen molar-refractivity contribution in [3.05, 3.63) is 71.4 Å². The average Bonchev–Trinajstić information content (AvgIpc) is 2.80. The van der Waals surface area contributed by atoms with Crippen LogP contribution in [0.25, 0.3) is 10.9 Å². The van der Waals surface area contributed by atoms with Crippen molar-refractivity contribution >= 4 is 34.1 Å². The molecule has 0 bridgehead atoms. The van der Waals surface area contributed by atoms with Crippen molar-refractivity contribution in [2.24, 2.45) is 0 Å². The second-order valence-electron chi connectivity index (χ2n) is 6.91. The number of carbonyl (C=O) groups excluding carboxylic acids is 1. The number of fused-ring (bicyclic) bond motifs is 1. The van der Waals surface area contributed by atoms with Crippen LogP contribution in [0.3, 0.4) is 0 Å². The van der Waals surface area contributed by atoms with Crippen LogP contribution in [0.4, 0.5) is 5.69 Å². The number of carbonyl (C=O) groups is 1. The summed E-state index contributed by atoms with van der Waals surface area (Å²) in [6.45, 7) is 5.27. The zero-order valence-corrected chi connectivity index (χ0v) is 19.1. The molecule has 0 saturated carbocycles. The molecular formula is C25H32ClN3O2. The maximum atomic E-state index is 11.8. The van der Waals surface area contributed by atoms with Crippen LogP contribution in [0.2, 0.25) is 5.02 Å². The number of aromatic nitrogens is 1. The fourth-order valence-electron chi connectivity index (χ4n) is 3.09. The van der Waals surface area contributed by atoms with Gasteiger partial charge in [-0.1, -0.05) is 68.6 Å². The molecule has 3 aromatic rings. The number of amides is 1. The van der Waals surface area contributed by atoms with Crippen molar-refractivity contribution in [3.63, 3.8) is 0 Å². The highest BCUT2D eigenvalue weighted by atomic mass is 35.5. The minimum Gasteiger partial charge on any atom is -0.384 e. The first-order valence-corrected chi connectivity index (χ1v) is 11.3. The van der Waals surface area contributed by atoms with Crippen LogP contribution >= 0.6 is 11.6 Å². The number of halogens is 1. The molecule has 6 heteroatoms. The van der Waals surface area contributed by atoms with Crippen molar-refractivity contribution in [2.45, 2.75) is 52.6 Å². The first-order chi connectivity index (χ1) is 15.2. The van der Waals surface area contributed by atoms with Gasteiger partial charge in [0.1, 0.15) is 0 Å². The Morgan fingerprint density at radius 1 is 1.00 bits per heavy atom. The molecule has 5 nitrogen and oxygen atoms in total. The Balaban J connectivity index is 0.00000166. The van der Waals surface area contributed by atoms with Gasteiger partial charge in [-0.15, -0.1) is 0 Å². The van der Waals surface area contributed by atoms with Gasteiger partial charge in [0.25, 0.3) is 0 Å². The summed E-state index contributed by atoms with van der Waals surface area (Å²) in [6, 6.07) is 17.5. The molecule has 0 aliphatic rings. The number of nitrogens with zero attached hydrogens (tertiary/aromatic N) is 1. The van der Waals surface area contributed by atoms with E-state index in [9.17, 15) is 4.79 Å². The van der Waals surface area contributed by atoms with Gasteiger partial charge < -0.3 is 5.32 Å². The predicted molar refractivity (Wildman–Crippen MR) is 129 cm³/mol. The lowest BCUT2D eigenvalue weighted by Crippen LogP contribution is -2.23. The quantitative estimate of drug-likeness (QED) is 0.262. The Morgan fingerprint density at radius 3 is 2.58 bits per heavy atom. The Bertz CT molecular complexity index is 919. The molecule has 3 rings (SSSR count). The molecule has 0 radical (unpaired) electrons. The van der Waals surface area contributed by atoms with Crippen LogP contribution in [0.15, 0.2) is 60.8 Å². The van der Waals surface area contributed by atoms with Gasteiger partial charge >= 0.3 is 0 Å². The van der Waals surface area contributed by atoms with Gasteiger partial charge in [0, 0.05) is 35.3 Å². The molecular weight excluding hydrogens is 410 g/mol. The number of unbranched alkanes of at least 4 members (excludes halogenated alkanes) is 3. The minimum absolute atomic E-state index is 0.0685. The van der Waals surface area contributed by atoms with Crippen molar-refractivity contribution in [2.75, 3.05) is 11.9 Å². The average molecular weight is 442 g/mol. The zero-order valence-electron chi connectivity index (χ0n) is 18.4. The lowest BCUT2D eigenvalue weighted by Gasteiger charge is -2.09. The van der Waals surface area contributed by atoms with Crippen LogP contribution in [0.1, 0.15) is 51.5 Å². The normalized spacial score (nSPS) is 10.3. The number of hydrogen-bond acceptors (Lipinski definition) is 4. The molecule has 0 saturated heterocycles. The topological polar surface area (TPSA) is 63.2 Å². The van der Waals surface area contributed by atoms with E-state index >= 15 is 0 Å². The van der Waals surface area contributed by atoms with Gasteiger partial charge in [0.15, 0.2) is 0 Å². The van der Waals surface area contributed by atoms with E-state index in [-0.39, 0.29) is 5.91 Å². The van der Waals surface area contributed by atoms with Crippen molar-refractivity contribution in [3.8, 4) is 0 Å². The van der Waals surface area contributed by atoms with Crippen LogP contribution in [0, 0.1) is 0 Å². The smallest absolute Gasteiger partial charge is 0.243 e. The summed E-state index contributed by atoms with van der Waals surface area (Å²) >= 11 is 6.03. The van der Waals surface area contributed by atoms with E-state index in [1.807, 2.05) is 68.4 Å². The van der Waals surface area contributed by atoms with E-state index < -0.39 is 0 Å². The van der Waals surface area contributed by atoms with Crippen LogP contribution in [-0.4, -0.2) is 17.4 Å². The van der Waals surface area contributed by atoms with Crippen molar-refractivity contribution < 1.29 is 9.63 Å². The molecule has 0 aliphatic carbocycles. The molecule has 1 heterocycles. The monoisotopic (exact) mass is 441 g/mol. The number of anilines is 1. The summed E-state index contributed by atoms with van der Waals surface area (Å²) in [6.07, 6.45) is 6.26. The van der Waals surface area contributed by atoms with E-state index in [0.717, 1.165) is 54.4 Å². The number of hydroxylamine groups is 1. The second kappa shape index (κ2) is 14.4. The maximum Gasteiger partial charge on any atom is 0.243 e. The molecule has 0 aliphatic heterocycles. The lowest BCUT2D eigenvalue weighted by molar-refractivity contribution is -0.134. The third-order valence-corrected chi connectivity index (χ3v) is 4.85. The van der Waals surface area contributed by atoms with Crippen LogP contribution in [-0.2, 0) is 16.2 Å². The highest BCUT2D eigenvalue weighted by molar-refractivity contribution is 6.31. The standard InChI is InChI=1S/C23H26ClN3O2.C2H6/c24-19-11-12-20-21(13-15-26-22(20)16-19)25-14-7-2-1-6-10-23(28)27-29-17-18-8-4-3-5-9-18;1-2/h3-5,8-9,11-13,15-16H,1-2,6-7,10,14,17H2,(H,25,26)(H,27,28);1-2H3. The first kappa shape index (κ1) is 24.6. The number of pyridine rings is 1. The van der Waals surface area contributed by atoms with Crippen molar-refractivity contribution in [1.29, 1.82) is 0 Å². The van der Waals surface area contributed by atoms with E-state index in [4.69, 9.17) is 16.4 Å². The number of rotatable bonds is 11. The Morgan fingerprint density at radius 2 is 1.77 bits per heavy atom. The van der Waals surface area contributed by atoms with Gasteiger partial charge in [-0.2, -0.15) is 0 Å². The molecule has 0 atom stereocenters. The SMILES string of the molecule is CC.O=C(CCCCCCNc1ccnc2cc(Cl)ccc12)NOCc1ccccc1. The Hall–Kier alpha value is -2.63. The summed E-state index contributed by atoms with van der Waals surface area (Å²) in [5.41, 5.74) is 5.50. The largest absolute Gasteiger partial charge is 0.384 e. The lowest BCUT2D eigenvalue weighted by atomic mass is 10.1. The highest BCUT2D eigenvalue weighted by Crippen LogP contribution is 2.24. The summed E-state index contributed by atoms with van der Waals surface area (Å²) in [5, 5.41) is 5.23. The summed E-state index contributed by atoms with van der Waals surface area (Å²) in [7, 11) is 0. The van der Waals surface area contributed by atoms with Gasteiger partial charge in [-0.3, -0.25) is 14.6 Å². The molecule has 0 spiro atoms. The Kier molecular flexibility index (Phi) is 11.4. The molecule has 2 N–H and O–H groups in total. The van der Waals surface area contributed by atoms with E-state index in [1.165, 1.54) is 0 Å². The Labute approximate surface area is 190 Å². The highest BCUT2D eigenvalue weighted by Gasteiger charge is 2.03. The zero-order chi connectivity index (χ0) is 22.3. The summed E-state index contributed by atoms with van der Waals surface area (Å²) < 4.78 is 0. The summed E-state index contributed by atoms with van der Waals surface area (Å²) in [4.78, 5) is 21.4. The number of hydrogen-bond donors (Lipinski definition) is 2.